The molecule has 326 valence electrons. The van der Waals surface area contributed by atoms with Crippen LogP contribution >= 0.6 is 0 Å². The van der Waals surface area contributed by atoms with Crippen LogP contribution in [0.25, 0.3) is 72.7 Å². The molecular weight excluding hydrogens is 779 g/mol. The average molecular weight is 850 g/mol. The second kappa shape index (κ2) is 16.1. The van der Waals surface area contributed by atoms with Crippen LogP contribution in [-0.4, -0.2) is 19.6 Å². The minimum Gasteiger partial charge on any atom is -0.507 e. The number of aryl methyl sites for hydroxylation is 2. The van der Waals surface area contributed by atoms with Gasteiger partial charge in [-0.25, -0.2) is 4.98 Å². The first-order valence-corrected chi connectivity index (χ1v) is 22.3. The maximum absolute atomic E-state index is 12.6. The Bertz CT molecular complexity index is 3280. The second-order valence-electron chi connectivity index (χ2n) is 21.5. The lowest BCUT2D eigenvalue weighted by Crippen LogP contribution is -2.17. The number of fused-ring (bicyclic) bond motifs is 1. The summed E-state index contributed by atoms with van der Waals surface area (Å²) in [6, 6.07) is 42.5. The predicted molar refractivity (Wildman–Crippen MR) is 272 cm³/mol. The van der Waals surface area contributed by atoms with Gasteiger partial charge in [-0.2, -0.15) is 0 Å². The molecule has 4 heteroatoms. The van der Waals surface area contributed by atoms with E-state index in [0.717, 1.165) is 61.2 Å². The third-order valence-corrected chi connectivity index (χ3v) is 12.4. The lowest BCUT2D eigenvalue weighted by Gasteiger charge is -2.28. The van der Waals surface area contributed by atoms with Gasteiger partial charge in [0, 0.05) is 36.7 Å². The van der Waals surface area contributed by atoms with Crippen molar-refractivity contribution in [3.8, 4) is 67.5 Å². The van der Waals surface area contributed by atoms with E-state index in [0.29, 0.717) is 28.2 Å². The van der Waals surface area contributed by atoms with Crippen molar-refractivity contribution in [2.75, 3.05) is 0 Å². The van der Waals surface area contributed by atoms with Gasteiger partial charge in [0.2, 0.25) is 0 Å². The van der Waals surface area contributed by atoms with Crippen LogP contribution < -0.4 is 0 Å². The summed E-state index contributed by atoms with van der Waals surface area (Å²) >= 11 is 0. The molecule has 64 heavy (non-hydrogen) atoms. The van der Waals surface area contributed by atoms with E-state index >= 15 is 0 Å². The van der Waals surface area contributed by atoms with Gasteiger partial charge in [-0.1, -0.05) is 162 Å². The van der Waals surface area contributed by atoms with Crippen molar-refractivity contribution in [2.45, 2.75) is 118 Å². The molecule has 0 unspecified atom stereocenters. The molecule has 0 aliphatic heterocycles. The zero-order valence-electron chi connectivity index (χ0n) is 45.5. The molecule has 0 fully saturated rings. The van der Waals surface area contributed by atoms with Gasteiger partial charge in [0.05, 0.1) is 28.0 Å². The van der Waals surface area contributed by atoms with E-state index in [9.17, 15) is 5.11 Å². The average Bonchev–Trinajstić information content (AvgIpc) is 3.66. The fourth-order valence-electron chi connectivity index (χ4n) is 8.47. The number of aromatic hydroxyl groups is 1. The van der Waals surface area contributed by atoms with Gasteiger partial charge in [-0.3, -0.25) is 9.55 Å². The number of phenols is 1. The van der Waals surface area contributed by atoms with Crippen LogP contribution in [0.3, 0.4) is 0 Å². The van der Waals surface area contributed by atoms with Crippen LogP contribution in [0, 0.1) is 13.7 Å². The van der Waals surface area contributed by atoms with E-state index in [1.54, 1.807) is 12.3 Å². The molecule has 1 N–H and O–H groups in total. The van der Waals surface area contributed by atoms with Gasteiger partial charge < -0.3 is 5.11 Å². The van der Waals surface area contributed by atoms with Crippen molar-refractivity contribution in [3.63, 3.8) is 0 Å². The number of nitrogens with zero attached hydrogens (tertiary/aromatic N) is 3. The Hall–Kier alpha value is -6.26. The van der Waals surface area contributed by atoms with Crippen molar-refractivity contribution in [2.24, 2.45) is 0 Å². The standard InChI is InChI=1S/C60H65N3O/c1-37-23-24-40(29-38(37)2)41-27-28-61-51(33-41)43-30-42(31-45(32-43)58(6,7)8)47-21-18-22-53-54(47)62-56(49-35-46(59(9,10)11)36-50(55(49)64)60(12,13)14)63(53)52-26-25-44(57(3,4)5)34-48(52)39-19-16-15-17-20-39/h15-36,64H,1-14H3/i1D3,2D3. The predicted octanol–water partition coefficient (Wildman–Crippen LogP) is 16.3. The maximum atomic E-state index is 12.6. The first kappa shape index (κ1) is 37.1. The van der Waals surface area contributed by atoms with E-state index in [1.807, 2.05) is 18.2 Å². The molecular formula is C60H65N3O. The first-order chi connectivity index (χ1) is 32.4. The highest BCUT2D eigenvalue weighted by Gasteiger charge is 2.30. The highest BCUT2D eigenvalue weighted by molar-refractivity contribution is 5.98. The van der Waals surface area contributed by atoms with E-state index in [4.69, 9.17) is 18.2 Å². The van der Waals surface area contributed by atoms with Crippen molar-refractivity contribution >= 4 is 11.0 Å². The third kappa shape index (κ3) is 8.55. The Labute approximate surface area is 390 Å². The number of hydrogen-bond acceptors (Lipinski definition) is 3. The third-order valence-electron chi connectivity index (χ3n) is 12.4. The Morgan fingerprint density at radius 1 is 0.484 bits per heavy atom. The molecule has 0 bridgehead atoms. The summed E-state index contributed by atoms with van der Waals surface area (Å²) in [5, 5.41) is 12.6. The summed E-state index contributed by atoms with van der Waals surface area (Å²) in [4.78, 5) is 10.5. The smallest absolute Gasteiger partial charge is 0.149 e. The normalized spacial score (nSPS) is 14.4. The fourth-order valence-corrected chi connectivity index (χ4v) is 8.47. The van der Waals surface area contributed by atoms with Crippen LogP contribution in [-0.2, 0) is 21.7 Å². The molecule has 0 spiro atoms. The molecule has 8 rings (SSSR count). The molecule has 0 aliphatic rings. The van der Waals surface area contributed by atoms with Crippen molar-refractivity contribution in [1.82, 2.24) is 14.5 Å². The largest absolute Gasteiger partial charge is 0.507 e. The van der Waals surface area contributed by atoms with Gasteiger partial charge in [0.25, 0.3) is 0 Å². The highest BCUT2D eigenvalue weighted by Crippen LogP contribution is 2.46. The number of benzene rings is 6. The SMILES string of the molecule is [2H]C([2H])([2H])c1ccc(-c2ccnc(-c3cc(-c4cccc5c4nc(-c4cc(C(C)(C)C)cc(C(C)(C)C)c4O)n5-c4ccc(C(C)(C)C)cc4-c4ccccc4)cc(C(C)(C)C)c3)c2)cc1C([2H])([2H])[2H]. The number of para-hydroxylation sites is 1. The first-order valence-electron chi connectivity index (χ1n) is 25.3. The summed E-state index contributed by atoms with van der Waals surface area (Å²) in [6.07, 6.45) is 1.70. The molecule has 2 aromatic heterocycles. The summed E-state index contributed by atoms with van der Waals surface area (Å²) in [5.41, 5.74) is 12.8. The summed E-state index contributed by atoms with van der Waals surface area (Å²) < 4.78 is 50.9. The van der Waals surface area contributed by atoms with Crippen LogP contribution in [0.4, 0.5) is 0 Å². The summed E-state index contributed by atoms with van der Waals surface area (Å²) in [5.74, 6) is 0.827. The Balaban J connectivity index is 1.42. The quantitative estimate of drug-likeness (QED) is 0.181. The summed E-state index contributed by atoms with van der Waals surface area (Å²) in [6.45, 7) is 21.0. The molecule has 4 nitrogen and oxygen atoms in total. The lowest BCUT2D eigenvalue weighted by atomic mass is 9.79. The van der Waals surface area contributed by atoms with Crippen LogP contribution in [0.1, 0.15) is 125 Å². The molecule has 2 heterocycles. The van der Waals surface area contributed by atoms with Crippen LogP contribution in [0.2, 0.25) is 0 Å². The molecule has 0 atom stereocenters. The lowest BCUT2D eigenvalue weighted by molar-refractivity contribution is 0.446. The van der Waals surface area contributed by atoms with Gasteiger partial charge in [0.1, 0.15) is 11.6 Å². The number of hydrogen-bond donors (Lipinski definition) is 1. The van der Waals surface area contributed by atoms with Crippen LogP contribution in [0.5, 0.6) is 5.75 Å². The molecule has 0 saturated carbocycles. The van der Waals surface area contributed by atoms with Gasteiger partial charge in [-0.15, -0.1) is 0 Å². The monoisotopic (exact) mass is 850 g/mol. The minimum absolute atomic E-state index is 0.120. The Morgan fingerprint density at radius 3 is 1.81 bits per heavy atom. The van der Waals surface area contributed by atoms with Gasteiger partial charge in [0.15, 0.2) is 0 Å². The zero-order chi connectivity index (χ0) is 51.1. The Morgan fingerprint density at radius 2 is 1.14 bits per heavy atom. The maximum Gasteiger partial charge on any atom is 0.149 e. The van der Waals surface area contributed by atoms with Crippen molar-refractivity contribution in [3.05, 3.63) is 167 Å². The van der Waals surface area contributed by atoms with Crippen molar-refractivity contribution in [1.29, 1.82) is 0 Å². The number of pyridine rings is 1. The van der Waals surface area contributed by atoms with Crippen LogP contribution in [0.15, 0.2) is 134 Å². The van der Waals surface area contributed by atoms with E-state index < -0.39 is 13.7 Å². The zero-order valence-corrected chi connectivity index (χ0v) is 39.5. The number of aromatic nitrogens is 3. The number of phenolic OH excluding ortho intramolecular Hbond substituents is 1. The highest BCUT2D eigenvalue weighted by atomic mass is 16.3. The molecule has 0 radical (unpaired) electrons. The fraction of sp³-hybridized carbons (Fsp3) is 0.300. The number of rotatable bonds is 6. The van der Waals surface area contributed by atoms with Crippen molar-refractivity contribution < 1.29 is 13.3 Å². The molecule has 8 aromatic rings. The molecule has 0 aliphatic carbocycles. The minimum atomic E-state index is -2.62. The summed E-state index contributed by atoms with van der Waals surface area (Å²) in [7, 11) is 0. The van der Waals surface area contributed by atoms with E-state index in [-0.39, 0.29) is 38.5 Å². The topological polar surface area (TPSA) is 50.9 Å². The van der Waals surface area contributed by atoms with E-state index in [2.05, 4.69) is 179 Å². The van der Waals surface area contributed by atoms with Gasteiger partial charge in [-0.05, 0) is 134 Å². The van der Waals surface area contributed by atoms with E-state index in [1.165, 1.54) is 17.7 Å². The Kier molecular flexibility index (Phi) is 9.33. The number of imidazole rings is 1. The molecule has 6 aromatic carbocycles. The van der Waals surface area contributed by atoms with Gasteiger partial charge >= 0.3 is 0 Å². The second-order valence-corrected chi connectivity index (χ2v) is 21.5. The molecule has 0 saturated heterocycles. The molecule has 0 amide bonds.